The summed E-state index contributed by atoms with van der Waals surface area (Å²) in [5.41, 5.74) is -0.0506. The Hall–Kier alpha value is -2.54. The Morgan fingerprint density at radius 3 is 2.92 bits per heavy atom. The van der Waals surface area contributed by atoms with Gasteiger partial charge < -0.3 is 10.2 Å². The third-order valence-electron chi connectivity index (χ3n) is 3.94. The van der Waals surface area contributed by atoms with Crippen molar-refractivity contribution in [3.63, 3.8) is 0 Å². The number of rotatable bonds is 4. The third kappa shape index (κ3) is 3.86. The van der Waals surface area contributed by atoms with Crippen molar-refractivity contribution in [1.82, 2.24) is 14.9 Å². The fourth-order valence-electron chi connectivity index (χ4n) is 2.78. The van der Waals surface area contributed by atoms with E-state index in [-0.39, 0.29) is 18.5 Å². The number of aromatic amines is 1. The average molecular weight is 349 g/mol. The summed E-state index contributed by atoms with van der Waals surface area (Å²) in [6.45, 7) is 1.39. The van der Waals surface area contributed by atoms with Crippen LogP contribution >= 0.6 is 11.6 Å². The number of anilines is 1. The van der Waals surface area contributed by atoms with Crippen LogP contribution in [0.25, 0.3) is 0 Å². The molecule has 1 aliphatic heterocycles. The summed E-state index contributed by atoms with van der Waals surface area (Å²) < 4.78 is 1.17. The highest BCUT2D eigenvalue weighted by molar-refractivity contribution is 6.30. The van der Waals surface area contributed by atoms with Crippen LogP contribution in [0, 0.1) is 0 Å². The van der Waals surface area contributed by atoms with Gasteiger partial charge in [0.1, 0.15) is 6.54 Å². The number of nitrogens with one attached hydrogen (secondary N) is 2. The number of benzene rings is 1. The zero-order valence-electron chi connectivity index (χ0n) is 12.9. The highest BCUT2D eigenvalue weighted by Gasteiger charge is 2.24. The summed E-state index contributed by atoms with van der Waals surface area (Å²) in [5.74, 6) is -0.262. The van der Waals surface area contributed by atoms with Crippen molar-refractivity contribution in [1.29, 1.82) is 0 Å². The van der Waals surface area contributed by atoms with Gasteiger partial charge in [-0.25, -0.2) is 4.79 Å². The molecule has 0 radical (unpaired) electrons. The van der Waals surface area contributed by atoms with Crippen molar-refractivity contribution in [3.8, 4) is 0 Å². The van der Waals surface area contributed by atoms with Gasteiger partial charge in [0.2, 0.25) is 5.91 Å². The SMILES string of the molecule is O=C(Cn1ccc(=O)[nH]c1=O)N[C@H]1CCN(c2cccc(Cl)c2)C1. The minimum Gasteiger partial charge on any atom is -0.369 e. The summed E-state index contributed by atoms with van der Waals surface area (Å²) in [7, 11) is 0. The van der Waals surface area contributed by atoms with E-state index in [9.17, 15) is 14.4 Å². The molecule has 1 aliphatic rings. The van der Waals surface area contributed by atoms with Crippen molar-refractivity contribution in [2.75, 3.05) is 18.0 Å². The maximum Gasteiger partial charge on any atom is 0.328 e. The standard InChI is InChI=1S/C16H17ClN4O3/c17-11-2-1-3-13(8-11)20-6-4-12(9-20)18-15(23)10-21-7-5-14(22)19-16(21)24/h1-3,5,7-8,12H,4,6,9-10H2,(H,18,23)(H,19,22,24)/t12-/m0/s1. The van der Waals surface area contributed by atoms with Crippen LogP contribution in [0.3, 0.4) is 0 Å². The molecular formula is C16H17ClN4O3. The Morgan fingerprint density at radius 2 is 2.17 bits per heavy atom. The number of carbonyl (C=O) groups excluding carboxylic acids is 1. The van der Waals surface area contributed by atoms with Crippen LogP contribution in [0.2, 0.25) is 5.02 Å². The molecular weight excluding hydrogens is 332 g/mol. The third-order valence-corrected chi connectivity index (χ3v) is 4.17. The zero-order chi connectivity index (χ0) is 17.1. The first-order valence-electron chi connectivity index (χ1n) is 7.61. The molecule has 7 nitrogen and oxygen atoms in total. The molecule has 8 heteroatoms. The molecule has 2 aromatic rings. The maximum atomic E-state index is 12.1. The lowest BCUT2D eigenvalue weighted by Crippen LogP contribution is -2.41. The molecule has 2 heterocycles. The average Bonchev–Trinajstić information content (AvgIpc) is 2.98. The van der Waals surface area contributed by atoms with Gasteiger partial charge in [-0.05, 0) is 24.6 Å². The number of halogens is 1. The summed E-state index contributed by atoms with van der Waals surface area (Å²) in [4.78, 5) is 39.0. The summed E-state index contributed by atoms with van der Waals surface area (Å²) in [6.07, 6.45) is 2.13. The Balaban J connectivity index is 1.58. The van der Waals surface area contributed by atoms with E-state index in [0.717, 1.165) is 18.7 Å². The van der Waals surface area contributed by atoms with E-state index in [1.54, 1.807) is 0 Å². The first kappa shape index (κ1) is 16.3. The van der Waals surface area contributed by atoms with E-state index in [1.165, 1.54) is 16.8 Å². The number of aromatic nitrogens is 2. The van der Waals surface area contributed by atoms with Gasteiger partial charge in [0.05, 0.1) is 0 Å². The topological polar surface area (TPSA) is 87.2 Å². The summed E-state index contributed by atoms with van der Waals surface area (Å²) >= 11 is 6.01. The molecule has 1 aromatic carbocycles. The quantitative estimate of drug-likeness (QED) is 0.846. The van der Waals surface area contributed by atoms with E-state index in [1.807, 2.05) is 24.3 Å². The molecule has 0 aliphatic carbocycles. The van der Waals surface area contributed by atoms with Crippen molar-refractivity contribution in [3.05, 3.63) is 62.4 Å². The Morgan fingerprint density at radius 1 is 1.33 bits per heavy atom. The predicted octanol–water partition coefficient (Wildman–Crippen LogP) is 0.585. The summed E-state index contributed by atoms with van der Waals surface area (Å²) in [6, 6.07) is 8.82. The van der Waals surface area contributed by atoms with Crippen LogP contribution in [0.5, 0.6) is 0 Å². The molecule has 1 fully saturated rings. The number of amides is 1. The summed E-state index contributed by atoms with van der Waals surface area (Å²) in [5, 5.41) is 3.60. The molecule has 1 aromatic heterocycles. The van der Waals surface area contributed by atoms with Crippen molar-refractivity contribution in [2.24, 2.45) is 0 Å². The molecule has 3 rings (SSSR count). The van der Waals surface area contributed by atoms with Crippen LogP contribution in [0.15, 0.2) is 46.1 Å². The van der Waals surface area contributed by atoms with Crippen LogP contribution in [-0.2, 0) is 11.3 Å². The van der Waals surface area contributed by atoms with Crippen LogP contribution in [0.1, 0.15) is 6.42 Å². The molecule has 126 valence electrons. The first-order chi connectivity index (χ1) is 11.5. The molecule has 0 unspecified atom stereocenters. The minimum absolute atomic E-state index is 0.00921. The van der Waals surface area contributed by atoms with Gasteiger partial charge in [0, 0.05) is 42.1 Å². The number of hydrogen-bond donors (Lipinski definition) is 2. The predicted molar refractivity (Wildman–Crippen MR) is 91.5 cm³/mol. The van der Waals surface area contributed by atoms with E-state index in [2.05, 4.69) is 15.2 Å². The maximum absolute atomic E-state index is 12.1. The zero-order valence-corrected chi connectivity index (χ0v) is 13.6. The molecule has 0 saturated carbocycles. The second-order valence-corrected chi connectivity index (χ2v) is 6.15. The molecule has 1 saturated heterocycles. The lowest BCUT2D eigenvalue weighted by molar-refractivity contribution is -0.122. The fraction of sp³-hybridized carbons (Fsp3) is 0.312. The molecule has 1 amide bonds. The van der Waals surface area contributed by atoms with Gasteiger partial charge in [-0.3, -0.25) is 19.1 Å². The van der Waals surface area contributed by atoms with Crippen molar-refractivity contribution < 1.29 is 4.79 Å². The highest BCUT2D eigenvalue weighted by atomic mass is 35.5. The first-order valence-corrected chi connectivity index (χ1v) is 7.99. The van der Waals surface area contributed by atoms with Gasteiger partial charge in [-0.15, -0.1) is 0 Å². The van der Waals surface area contributed by atoms with Gasteiger partial charge in [0.25, 0.3) is 5.56 Å². The number of nitrogens with zero attached hydrogens (tertiary/aromatic N) is 2. The highest BCUT2D eigenvalue weighted by Crippen LogP contribution is 2.23. The Bertz CT molecular complexity index is 861. The van der Waals surface area contributed by atoms with Crippen molar-refractivity contribution in [2.45, 2.75) is 19.0 Å². The number of carbonyl (C=O) groups is 1. The monoisotopic (exact) mass is 348 g/mol. The van der Waals surface area contributed by atoms with E-state index < -0.39 is 11.2 Å². The number of hydrogen-bond acceptors (Lipinski definition) is 4. The lowest BCUT2D eigenvalue weighted by atomic mass is 10.2. The normalized spacial score (nSPS) is 17.0. The van der Waals surface area contributed by atoms with Gasteiger partial charge in [-0.1, -0.05) is 17.7 Å². The largest absolute Gasteiger partial charge is 0.369 e. The molecule has 0 spiro atoms. The van der Waals surface area contributed by atoms with E-state index >= 15 is 0 Å². The van der Waals surface area contributed by atoms with Gasteiger partial charge >= 0.3 is 5.69 Å². The fourth-order valence-corrected chi connectivity index (χ4v) is 2.97. The van der Waals surface area contributed by atoms with Gasteiger partial charge in [0.15, 0.2) is 0 Å². The van der Waals surface area contributed by atoms with Crippen molar-refractivity contribution >= 4 is 23.2 Å². The smallest absolute Gasteiger partial charge is 0.328 e. The second-order valence-electron chi connectivity index (χ2n) is 5.72. The Labute approximate surface area is 142 Å². The molecule has 24 heavy (non-hydrogen) atoms. The Kier molecular flexibility index (Phi) is 4.71. The second kappa shape index (κ2) is 6.92. The van der Waals surface area contributed by atoms with E-state index in [0.29, 0.717) is 11.6 Å². The van der Waals surface area contributed by atoms with Crippen LogP contribution in [-0.4, -0.2) is 34.6 Å². The van der Waals surface area contributed by atoms with Crippen LogP contribution in [0.4, 0.5) is 5.69 Å². The molecule has 1 atom stereocenters. The van der Waals surface area contributed by atoms with Crippen LogP contribution < -0.4 is 21.5 Å². The minimum atomic E-state index is -0.593. The number of H-pyrrole nitrogens is 1. The van der Waals surface area contributed by atoms with Gasteiger partial charge in [-0.2, -0.15) is 0 Å². The van der Waals surface area contributed by atoms with E-state index in [4.69, 9.17) is 11.6 Å². The molecule has 0 bridgehead atoms. The molecule has 2 N–H and O–H groups in total. The lowest BCUT2D eigenvalue weighted by Gasteiger charge is -2.19.